The van der Waals surface area contributed by atoms with Crippen LogP contribution in [0.4, 0.5) is 5.69 Å². The lowest BCUT2D eigenvalue weighted by molar-refractivity contribution is 0.0600. The van der Waals surface area contributed by atoms with Gasteiger partial charge in [-0.2, -0.15) is 0 Å². The molecular weight excluding hydrogens is 320 g/mol. The largest absolute Gasteiger partial charge is 0.465 e. The Morgan fingerprint density at radius 2 is 1.90 bits per heavy atom. The highest BCUT2D eigenvalue weighted by Crippen LogP contribution is 2.20. The van der Waals surface area contributed by atoms with E-state index in [2.05, 4.69) is 9.46 Å². The van der Waals surface area contributed by atoms with Crippen molar-refractivity contribution in [2.24, 2.45) is 0 Å². The van der Waals surface area contributed by atoms with Crippen LogP contribution in [0.25, 0.3) is 0 Å². The first-order valence-corrected chi connectivity index (χ1v) is 9.26. The van der Waals surface area contributed by atoms with E-state index in [1.807, 2.05) is 0 Å². The minimum absolute atomic E-state index is 0.116. The predicted molar refractivity (Wildman–Crippen MR) is 77.1 cm³/mol. The Kier molecular flexibility index (Phi) is 5.31. The SMILES string of the molecule is COC(=O)c1ccc(S(=O)(=O)NCCS(C)(=O)=O)c(N)c1. The van der Waals surface area contributed by atoms with Gasteiger partial charge in [0.2, 0.25) is 10.0 Å². The summed E-state index contributed by atoms with van der Waals surface area (Å²) in [6.45, 7) is -0.265. The van der Waals surface area contributed by atoms with Gasteiger partial charge in [-0.05, 0) is 18.2 Å². The summed E-state index contributed by atoms with van der Waals surface area (Å²) in [7, 11) is -6.04. The number of sulfone groups is 1. The van der Waals surface area contributed by atoms with E-state index in [0.29, 0.717) is 0 Å². The second-order valence-corrected chi connectivity index (χ2v) is 8.27. The third-order valence-corrected chi connectivity index (χ3v) is 4.97. The van der Waals surface area contributed by atoms with Crippen molar-refractivity contribution in [3.8, 4) is 0 Å². The Labute approximate surface area is 123 Å². The molecule has 0 spiro atoms. The number of carbonyl (C=O) groups excluding carboxylic acids is 1. The number of hydrogen-bond donors (Lipinski definition) is 2. The standard InChI is InChI=1S/C11H16N2O6S2/c1-19-11(14)8-3-4-10(9(12)7-8)21(17,18)13-5-6-20(2,15)16/h3-4,7,13H,5-6,12H2,1-2H3. The summed E-state index contributed by atoms with van der Waals surface area (Å²) in [6, 6.07) is 3.59. The number of hydrogen-bond acceptors (Lipinski definition) is 7. The zero-order chi connectivity index (χ0) is 16.3. The van der Waals surface area contributed by atoms with Gasteiger partial charge < -0.3 is 10.5 Å². The van der Waals surface area contributed by atoms with Crippen LogP contribution in [-0.2, 0) is 24.6 Å². The Morgan fingerprint density at radius 1 is 1.29 bits per heavy atom. The van der Waals surface area contributed by atoms with E-state index in [0.717, 1.165) is 12.3 Å². The van der Waals surface area contributed by atoms with Gasteiger partial charge in [0.15, 0.2) is 0 Å². The van der Waals surface area contributed by atoms with Gasteiger partial charge in [0.05, 0.1) is 24.1 Å². The lowest BCUT2D eigenvalue weighted by atomic mass is 10.2. The maximum Gasteiger partial charge on any atom is 0.337 e. The molecule has 1 rings (SSSR count). The van der Waals surface area contributed by atoms with Crippen molar-refractivity contribution >= 4 is 31.5 Å². The van der Waals surface area contributed by atoms with Crippen molar-refractivity contribution in [3.05, 3.63) is 23.8 Å². The van der Waals surface area contributed by atoms with Crippen LogP contribution in [-0.4, -0.2) is 48.5 Å². The van der Waals surface area contributed by atoms with Gasteiger partial charge in [0, 0.05) is 12.8 Å². The number of methoxy groups -OCH3 is 1. The van der Waals surface area contributed by atoms with Crippen molar-refractivity contribution in [2.75, 3.05) is 31.4 Å². The van der Waals surface area contributed by atoms with Crippen molar-refractivity contribution in [1.29, 1.82) is 0 Å². The van der Waals surface area contributed by atoms with E-state index in [4.69, 9.17) is 5.73 Å². The number of benzene rings is 1. The number of nitrogens with two attached hydrogens (primary N) is 1. The van der Waals surface area contributed by atoms with Gasteiger partial charge in [0.1, 0.15) is 14.7 Å². The molecule has 21 heavy (non-hydrogen) atoms. The second-order valence-electron chi connectivity index (χ2n) is 4.27. The average molecular weight is 336 g/mol. The molecule has 0 saturated carbocycles. The van der Waals surface area contributed by atoms with Gasteiger partial charge in [0.25, 0.3) is 0 Å². The smallest absolute Gasteiger partial charge is 0.337 e. The van der Waals surface area contributed by atoms with E-state index in [-0.39, 0.29) is 28.4 Å². The first-order valence-electron chi connectivity index (χ1n) is 5.72. The molecule has 0 fully saturated rings. The summed E-state index contributed by atoms with van der Waals surface area (Å²) in [5.41, 5.74) is 5.59. The highest BCUT2D eigenvalue weighted by atomic mass is 32.2. The third-order valence-electron chi connectivity index (χ3n) is 2.49. The van der Waals surface area contributed by atoms with Crippen molar-refractivity contribution in [2.45, 2.75) is 4.90 Å². The fourth-order valence-electron chi connectivity index (χ4n) is 1.48. The number of sulfonamides is 1. The summed E-state index contributed by atoms with van der Waals surface area (Å²) in [5.74, 6) is -0.970. The fourth-order valence-corrected chi connectivity index (χ4v) is 3.22. The van der Waals surface area contributed by atoms with Crippen molar-refractivity contribution in [1.82, 2.24) is 4.72 Å². The number of esters is 1. The topological polar surface area (TPSA) is 133 Å². The Bertz CT molecular complexity index is 740. The number of nitrogen functional groups attached to an aromatic ring is 1. The molecule has 1 aromatic carbocycles. The zero-order valence-corrected chi connectivity index (χ0v) is 13.1. The van der Waals surface area contributed by atoms with Crippen molar-refractivity contribution in [3.63, 3.8) is 0 Å². The van der Waals surface area contributed by atoms with Crippen LogP contribution >= 0.6 is 0 Å². The van der Waals surface area contributed by atoms with Crippen LogP contribution < -0.4 is 10.5 Å². The second kappa shape index (κ2) is 6.41. The number of rotatable bonds is 6. The van der Waals surface area contributed by atoms with Crippen LogP contribution in [0.2, 0.25) is 0 Å². The Morgan fingerprint density at radius 3 is 2.38 bits per heavy atom. The third kappa shape index (κ3) is 4.99. The van der Waals surface area contributed by atoms with E-state index in [1.54, 1.807) is 0 Å². The van der Waals surface area contributed by atoms with Crippen LogP contribution in [0.1, 0.15) is 10.4 Å². The number of carbonyl (C=O) groups is 1. The normalized spacial score (nSPS) is 12.1. The van der Waals surface area contributed by atoms with Crippen molar-refractivity contribution < 1.29 is 26.4 Å². The average Bonchev–Trinajstić information content (AvgIpc) is 2.35. The molecule has 0 unspecified atom stereocenters. The fraction of sp³-hybridized carbons (Fsp3) is 0.364. The molecule has 0 saturated heterocycles. The molecule has 1 aromatic rings. The maximum absolute atomic E-state index is 12.0. The molecule has 0 aromatic heterocycles. The van der Waals surface area contributed by atoms with E-state index in [1.165, 1.54) is 19.2 Å². The lowest BCUT2D eigenvalue weighted by Gasteiger charge is -2.09. The van der Waals surface area contributed by atoms with Gasteiger partial charge >= 0.3 is 5.97 Å². The molecule has 0 bridgehead atoms. The number of anilines is 1. The molecule has 3 N–H and O–H groups in total. The highest BCUT2D eigenvalue weighted by Gasteiger charge is 2.19. The summed E-state index contributed by atoms with van der Waals surface area (Å²) in [5, 5.41) is 0. The van der Waals surface area contributed by atoms with E-state index in [9.17, 15) is 21.6 Å². The number of nitrogens with one attached hydrogen (secondary N) is 1. The minimum atomic E-state index is -3.95. The molecule has 0 aliphatic rings. The minimum Gasteiger partial charge on any atom is -0.465 e. The van der Waals surface area contributed by atoms with Gasteiger partial charge in [-0.3, -0.25) is 0 Å². The summed E-state index contributed by atoms with van der Waals surface area (Å²) >= 11 is 0. The van der Waals surface area contributed by atoms with E-state index < -0.39 is 25.8 Å². The van der Waals surface area contributed by atoms with Gasteiger partial charge in [-0.1, -0.05) is 0 Å². The first-order chi connectivity index (χ1) is 9.57. The van der Waals surface area contributed by atoms with Crippen LogP contribution in [0.3, 0.4) is 0 Å². The molecule has 10 heteroatoms. The summed E-state index contributed by atoms with van der Waals surface area (Å²) in [6.07, 6.45) is 1.00. The molecule has 8 nitrogen and oxygen atoms in total. The molecule has 0 heterocycles. The van der Waals surface area contributed by atoms with Crippen LogP contribution in [0.15, 0.2) is 23.1 Å². The van der Waals surface area contributed by atoms with Crippen LogP contribution in [0.5, 0.6) is 0 Å². The molecule has 118 valence electrons. The van der Waals surface area contributed by atoms with Gasteiger partial charge in [-0.25, -0.2) is 26.4 Å². The zero-order valence-electron chi connectivity index (χ0n) is 11.5. The van der Waals surface area contributed by atoms with E-state index >= 15 is 0 Å². The summed E-state index contributed by atoms with van der Waals surface area (Å²) < 4.78 is 52.5. The quantitative estimate of drug-likeness (QED) is 0.522. The summed E-state index contributed by atoms with van der Waals surface area (Å²) in [4.78, 5) is 11.1. The highest BCUT2D eigenvalue weighted by molar-refractivity contribution is 7.91. The molecule has 0 atom stereocenters. The predicted octanol–water partition coefficient (Wildman–Crippen LogP) is -0.622. The van der Waals surface area contributed by atoms with Crippen LogP contribution in [0, 0.1) is 0 Å². The Hall–Kier alpha value is -1.65. The molecule has 0 amide bonds. The molecular formula is C11H16N2O6S2. The first kappa shape index (κ1) is 17.4. The molecule has 0 radical (unpaired) electrons. The lowest BCUT2D eigenvalue weighted by Crippen LogP contribution is -2.29. The van der Waals surface area contributed by atoms with Gasteiger partial charge in [-0.15, -0.1) is 0 Å². The Balaban J connectivity index is 2.96. The molecule has 0 aliphatic carbocycles. The monoisotopic (exact) mass is 336 g/mol. The molecule has 0 aliphatic heterocycles. The maximum atomic E-state index is 12.0. The number of ether oxygens (including phenoxy) is 1.